The molecule has 0 aliphatic carbocycles. The molecule has 100 valence electrons. The normalized spacial score (nSPS) is 18.4. The zero-order valence-corrected chi connectivity index (χ0v) is 11.4. The molecule has 1 aliphatic rings. The molecule has 6 heteroatoms. The van der Waals surface area contributed by atoms with Gasteiger partial charge in [-0.3, -0.25) is 0 Å². The molecule has 0 unspecified atom stereocenters. The van der Waals surface area contributed by atoms with Gasteiger partial charge in [-0.2, -0.15) is 10.5 Å². The average Bonchev–Trinajstić information content (AvgIpc) is 2.57. The number of allylic oxidation sites excluding steroid dienone is 2. The first kappa shape index (κ1) is 14.0. The van der Waals surface area contributed by atoms with Gasteiger partial charge in [0, 0.05) is 22.7 Å². The van der Waals surface area contributed by atoms with Gasteiger partial charge in [-0.15, -0.1) is 0 Å². The van der Waals surface area contributed by atoms with Crippen molar-refractivity contribution < 1.29 is 4.39 Å². The molecule has 1 aromatic rings. The lowest BCUT2D eigenvalue weighted by atomic mass is 10.0. The third-order valence-electron chi connectivity index (χ3n) is 2.92. The molecule has 0 saturated carbocycles. The minimum absolute atomic E-state index is 0.0000354. The maximum atomic E-state index is 14.0. The van der Waals surface area contributed by atoms with Crippen molar-refractivity contribution in [2.75, 3.05) is 0 Å². The van der Waals surface area contributed by atoms with Crippen LogP contribution in [0.3, 0.4) is 0 Å². The van der Waals surface area contributed by atoms with Crippen molar-refractivity contribution in [2.24, 2.45) is 4.99 Å². The van der Waals surface area contributed by atoms with Gasteiger partial charge in [-0.05, 0) is 19.1 Å². The van der Waals surface area contributed by atoms with Gasteiger partial charge in [0.25, 0.3) is 0 Å². The number of nitrogens with zero attached hydrogens (tertiary/aromatic N) is 3. The van der Waals surface area contributed by atoms with Gasteiger partial charge >= 0.3 is 0 Å². The summed E-state index contributed by atoms with van der Waals surface area (Å²) in [7, 11) is 0. The van der Waals surface area contributed by atoms with Gasteiger partial charge < -0.3 is 5.32 Å². The molecular formula is C14H10ClFN4. The van der Waals surface area contributed by atoms with E-state index in [1.54, 1.807) is 13.0 Å². The molecule has 0 amide bonds. The van der Waals surface area contributed by atoms with Crippen LogP contribution < -0.4 is 5.32 Å². The Morgan fingerprint density at radius 3 is 2.75 bits per heavy atom. The monoisotopic (exact) mass is 288 g/mol. The van der Waals surface area contributed by atoms with E-state index in [0.29, 0.717) is 12.1 Å². The van der Waals surface area contributed by atoms with Crippen LogP contribution in [0.2, 0.25) is 5.02 Å². The summed E-state index contributed by atoms with van der Waals surface area (Å²) in [6.45, 7) is 1.72. The molecule has 2 rings (SSSR count). The zero-order chi connectivity index (χ0) is 14.7. The summed E-state index contributed by atoms with van der Waals surface area (Å²) >= 11 is 6.04. The first-order valence-corrected chi connectivity index (χ1v) is 6.23. The van der Waals surface area contributed by atoms with Crippen molar-refractivity contribution in [3.8, 4) is 12.1 Å². The summed E-state index contributed by atoms with van der Waals surface area (Å²) in [5, 5.41) is 21.2. The van der Waals surface area contributed by atoms with Crippen LogP contribution in [-0.4, -0.2) is 5.71 Å². The van der Waals surface area contributed by atoms with Crippen LogP contribution in [0.15, 0.2) is 34.6 Å². The topological polar surface area (TPSA) is 72.0 Å². The third-order valence-corrected chi connectivity index (χ3v) is 3.25. The predicted octanol–water partition coefficient (Wildman–Crippen LogP) is 3.23. The molecule has 20 heavy (non-hydrogen) atoms. The van der Waals surface area contributed by atoms with E-state index in [-0.39, 0.29) is 22.0 Å². The second kappa shape index (κ2) is 5.73. The number of nitriles is 2. The molecule has 1 aromatic carbocycles. The number of rotatable bonds is 1. The Kier molecular flexibility index (Phi) is 4.02. The maximum absolute atomic E-state index is 14.0. The first-order chi connectivity index (χ1) is 9.56. The lowest BCUT2D eigenvalue weighted by Crippen LogP contribution is -2.22. The second-order valence-electron chi connectivity index (χ2n) is 4.33. The Labute approximate surface area is 120 Å². The maximum Gasteiger partial charge on any atom is 0.174 e. The number of aliphatic imine (C=N–C) groups is 1. The SMILES string of the molecule is CC1=NC(C#N)=C(C#N)N[C@@H](c2c(F)cccc2Cl)C1. The standard InChI is InChI=1S/C14H10ClFN4/c1-8-5-11(14-9(15)3-2-4-10(14)16)20-13(7-18)12(6-17)19-8/h2-4,11,20H,5H2,1H3/t11-/m1/s1. The minimum Gasteiger partial charge on any atom is -0.367 e. The van der Waals surface area contributed by atoms with Crippen LogP contribution in [0, 0.1) is 28.5 Å². The first-order valence-electron chi connectivity index (χ1n) is 5.86. The van der Waals surface area contributed by atoms with Crippen molar-refractivity contribution in [1.82, 2.24) is 5.32 Å². The zero-order valence-electron chi connectivity index (χ0n) is 10.6. The van der Waals surface area contributed by atoms with E-state index in [9.17, 15) is 4.39 Å². The van der Waals surface area contributed by atoms with Crippen molar-refractivity contribution in [3.63, 3.8) is 0 Å². The van der Waals surface area contributed by atoms with Crippen LogP contribution in [0.1, 0.15) is 24.9 Å². The quantitative estimate of drug-likeness (QED) is 0.862. The third kappa shape index (κ3) is 2.64. The van der Waals surface area contributed by atoms with E-state index in [1.165, 1.54) is 12.1 Å². The summed E-state index contributed by atoms with van der Waals surface area (Å²) in [5.41, 5.74) is 0.924. The number of hydrogen-bond donors (Lipinski definition) is 1. The van der Waals surface area contributed by atoms with Crippen molar-refractivity contribution >= 4 is 17.3 Å². The molecular weight excluding hydrogens is 279 g/mol. The highest BCUT2D eigenvalue weighted by atomic mass is 35.5. The molecule has 0 spiro atoms. The number of benzene rings is 1. The Morgan fingerprint density at radius 1 is 1.40 bits per heavy atom. The summed E-state index contributed by atoms with van der Waals surface area (Å²) in [6, 6.07) is 7.60. The van der Waals surface area contributed by atoms with Gasteiger partial charge in [0.2, 0.25) is 0 Å². The summed E-state index contributed by atoms with van der Waals surface area (Å²) < 4.78 is 14.0. The molecule has 0 radical (unpaired) electrons. The van der Waals surface area contributed by atoms with E-state index < -0.39 is 11.9 Å². The minimum atomic E-state index is -0.534. The highest BCUT2D eigenvalue weighted by molar-refractivity contribution is 6.31. The average molecular weight is 289 g/mol. The Hall–Kier alpha value is -2.37. The van der Waals surface area contributed by atoms with E-state index in [4.69, 9.17) is 22.1 Å². The lowest BCUT2D eigenvalue weighted by Gasteiger charge is -2.19. The van der Waals surface area contributed by atoms with Crippen LogP contribution in [0.4, 0.5) is 4.39 Å². The molecule has 0 fully saturated rings. The predicted molar refractivity (Wildman–Crippen MR) is 73.3 cm³/mol. The molecule has 4 nitrogen and oxygen atoms in total. The van der Waals surface area contributed by atoms with Gasteiger partial charge in [0.05, 0.1) is 6.04 Å². The van der Waals surface area contributed by atoms with Crippen molar-refractivity contribution in [3.05, 3.63) is 46.0 Å². The van der Waals surface area contributed by atoms with Gasteiger partial charge in [-0.25, -0.2) is 9.38 Å². The van der Waals surface area contributed by atoms with E-state index in [1.807, 2.05) is 12.1 Å². The fourth-order valence-corrected chi connectivity index (χ4v) is 2.36. The largest absolute Gasteiger partial charge is 0.367 e. The van der Waals surface area contributed by atoms with Crippen molar-refractivity contribution in [1.29, 1.82) is 10.5 Å². The summed E-state index contributed by atoms with van der Waals surface area (Å²) in [6.07, 6.45) is 0.358. The second-order valence-corrected chi connectivity index (χ2v) is 4.74. The van der Waals surface area contributed by atoms with Crippen LogP contribution >= 0.6 is 11.6 Å². The molecule has 0 saturated heterocycles. The van der Waals surface area contributed by atoms with Gasteiger partial charge in [0.1, 0.15) is 18.0 Å². The highest BCUT2D eigenvalue weighted by Gasteiger charge is 2.24. The Balaban J connectivity index is 2.52. The van der Waals surface area contributed by atoms with Gasteiger partial charge in [-0.1, -0.05) is 17.7 Å². The fraction of sp³-hybridized carbons (Fsp3) is 0.214. The van der Waals surface area contributed by atoms with Crippen LogP contribution in [-0.2, 0) is 0 Å². The molecule has 1 heterocycles. The molecule has 1 aliphatic heterocycles. The van der Waals surface area contributed by atoms with E-state index >= 15 is 0 Å². The number of hydrogen-bond acceptors (Lipinski definition) is 4. The van der Waals surface area contributed by atoms with Crippen LogP contribution in [0.25, 0.3) is 0 Å². The number of halogens is 2. The molecule has 0 aromatic heterocycles. The lowest BCUT2D eigenvalue weighted by molar-refractivity contribution is 0.554. The summed E-state index contributed by atoms with van der Waals surface area (Å²) in [5.74, 6) is -0.458. The molecule has 1 atom stereocenters. The van der Waals surface area contributed by atoms with Crippen LogP contribution in [0.5, 0.6) is 0 Å². The Bertz CT molecular complexity index is 674. The highest BCUT2D eigenvalue weighted by Crippen LogP contribution is 2.30. The van der Waals surface area contributed by atoms with E-state index in [0.717, 1.165) is 0 Å². The summed E-state index contributed by atoms with van der Waals surface area (Å²) in [4.78, 5) is 4.07. The van der Waals surface area contributed by atoms with Crippen molar-refractivity contribution in [2.45, 2.75) is 19.4 Å². The number of nitrogens with one attached hydrogen (secondary N) is 1. The van der Waals surface area contributed by atoms with E-state index in [2.05, 4.69) is 10.3 Å². The molecule has 0 bridgehead atoms. The Morgan fingerprint density at radius 2 is 2.15 bits per heavy atom. The fourth-order valence-electron chi connectivity index (χ4n) is 2.07. The molecule has 1 N–H and O–H groups in total. The smallest absolute Gasteiger partial charge is 0.174 e. The van der Waals surface area contributed by atoms with Gasteiger partial charge in [0.15, 0.2) is 11.4 Å².